The van der Waals surface area contributed by atoms with Crippen LogP contribution in [-0.2, 0) is 11.2 Å². The average Bonchev–Trinajstić information content (AvgIpc) is 2.65. The third-order valence-electron chi connectivity index (χ3n) is 3.55. The van der Waals surface area contributed by atoms with E-state index in [0.717, 1.165) is 5.56 Å². The van der Waals surface area contributed by atoms with Crippen LogP contribution >= 0.6 is 0 Å². The van der Waals surface area contributed by atoms with Gasteiger partial charge in [-0.1, -0.05) is 12.1 Å². The molecular weight excluding hydrogens is 335 g/mol. The van der Waals surface area contributed by atoms with Crippen molar-refractivity contribution in [1.29, 1.82) is 0 Å². The summed E-state index contributed by atoms with van der Waals surface area (Å²) >= 11 is 0. The molecule has 6 heteroatoms. The molecule has 0 spiro atoms. The highest BCUT2D eigenvalue weighted by atomic mass is 19.1. The predicted molar refractivity (Wildman–Crippen MR) is 96.0 cm³/mol. The van der Waals surface area contributed by atoms with Crippen molar-refractivity contribution >= 4 is 11.6 Å². The van der Waals surface area contributed by atoms with Gasteiger partial charge in [0.2, 0.25) is 11.8 Å². The lowest BCUT2D eigenvalue weighted by molar-refractivity contribution is -0.115. The fourth-order valence-corrected chi connectivity index (χ4v) is 2.31. The van der Waals surface area contributed by atoms with Crippen LogP contribution in [0.15, 0.2) is 66.9 Å². The molecule has 0 unspecified atom stereocenters. The molecule has 0 aliphatic rings. The number of methoxy groups -OCH3 is 1. The summed E-state index contributed by atoms with van der Waals surface area (Å²) in [6.07, 6.45) is 1.73. The van der Waals surface area contributed by atoms with Gasteiger partial charge in [0.1, 0.15) is 17.3 Å². The quantitative estimate of drug-likeness (QED) is 0.722. The van der Waals surface area contributed by atoms with Gasteiger partial charge < -0.3 is 14.8 Å². The average molecular weight is 352 g/mol. The first-order valence-electron chi connectivity index (χ1n) is 7.94. The number of halogens is 1. The van der Waals surface area contributed by atoms with Crippen molar-refractivity contribution < 1.29 is 18.7 Å². The summed E-state index contributed by atoms with van der Waals surface area (Å²) < 4.78 is 23.5. The standard InChI is InChI=1S/C20H17FN2O3/c1-25-18-4-2-3-14(11-18)12-19(24)23-16-7-10-20(22-13-16)26-17-8-5-15(21)6-9-17/h2-11,13H,12H2,1H3,(H,23,24). The van der Waals surface area contributed by atoms with E-state index in [-0.39, 0.29) is 18.1 Å². The number of nitrogens with one attached hydrogen (secondary N) is 1. The zero-order chi connectivity index (χ0) is 18.4. The summed E-state index contributed by atoms with van der Waals surface area (Å²) in [7, 11) is 1.58. The molecular formula is C20H17FN2O3. The van der Waals surface area contributed by atoms with Gasteiger partial charge in [-0.05, 0) is 48.0 Å². The second kappa shape index (κ2) is 8.11. The molecule has 1 amide bonds. The van der Waals surface area contributed by atoms with Crippen LogP contribution in [0.3, 0.4) is 0 Å². The lowest BCUT2D eigenvalue weighted by Gasteiger charge is -2.08. The third kappa shape index (κ3) is 4.80. The molecule has 0 aliphatic heterocycles. The van der Waals surface area contributed by atoms with E-state index in [1.807, 2.05) is 24.3 Å². The number of anilines is 1. The molecule has 0 aliphatic carbocycles. The van der Waals surface area contributed by atoms with Gasteiger partial charge in [-0.2, -0.15) is 0 Å². The number of ether oxygens (including phenoxy) is 2. The smallest absolute Gasteiger partial charge is 0.228 e. The molecule has 0 radical (unpaired) electrons. The molecule has 0 saturated heterocycles. The lowest BCUT2D eigenvalue weighted by Crippen LogP contribution is -2.14. The molecule has 3 rings (SSSR count). The van der Waals surface area contributed by atoms with E-state index in [2.05, 4.69) is 10.3 Å². The topological polar surface area (TPSA) is 60.5 Å². The van der Waals surface area contributed by atoms with E-state index in [0.29, 0.717) is 23.1 Å². The van der Waals surface area contributed by atoms with Crippen LogP contribution in [0.1, 0.15) is 5.56 Å². The highest BCUT2D eigenvalue weighted by Gasteiger charge is 2.06. The van der Waals surface area contributed by atoms with Crippen molar-refractivity contribution in [1.82, 2.24) is 4.98 Å². The van der Waals surface area contributed by atoms with Crippen molar-refractivity contribution in [2.45, 2.75) is 6.42 Å². The van der Waals surface area contributed by atoms with Gasteiger partial charge >= 0.3 is 0 Å². The Labute approximate surface area is 150 Å². The molecule has 132 valence electrons. The van der Waals surface area contributed by atoms with Gasteiger partial charge in [-0.3, -0.25) is 4.79 Å². The van der Waals surface area contributed by atoms with Gasteiger partial charge in [0.25, 0.3) is 0 Å². The summed E-state index contributed by atoms with van der Waals surface area (Å²) in [4.78, 5) is 16.3. The molecule has 5 nitrogen and oxygen atoms in total. The van der Waals surface area contributed by atoms with E-state index in [9.17, 15) is 9.18 Å². The number of benzene rings is 2. The van der Waals surface area contributed by atoms with Crippen molar-refractivity contribution in [2.75, 3.05) is 12.4 Å². The van der Waals surface area contributed by atoms with Crippen LogP contribution in [-0.4, -0.2) is 18.0 Å². The summed E-state index contributed by atoms with van der Waals surface area (Å²) in [6, 6.07) is 16.3. The number of pyridine rings is 1. The highest BCUT2D eigenvalue weighted by Crippen LogP contribution is 2.21. The van der Waals surface area contributed by atoms with Gasteiger partial charge in [0, 0.05) is 6.07 Å². The van der Waals surface area contributed by atoms with Gasteiger partial charge in [0.05, 0.1) is 25.4 Å². The predicted octanol–water partition coefficient (Wildman–Crippen LogP) is 4.20. The largest absolute Gasteiger partial charge is 0.497 e. The normalized spacial score (nSPS) is 10.2. The molecule has 1 N–H and O–H groups in total. The number of carbonyl (C=O) groups is 1. The summed E-state index contributed by atoms with van der Waals surface area (Å²) in [5, 5.41) is 2.78. The highest BCUT2D eigenvalue weighted by molar-refractivity contribution is 5.92. The van der Waals surface area contributed by atoms with E-state index >= 15 is 0 Å². The number of aromatic nitrogens is 1. The summed E-state index contributed by atoms with van der Waals surface area (Å²) in [6.45, 7) is 0. The van der Waals surface area contributed by atoms with Crippen LogP contribution in [0.25, 0.3) is 0 Å². The van der Waals surface area contributed by atoms with Gasteiger partial charge in [-0.15, -0.1) is 0 Å². The minimum absolute atomic E-state index is 0.160. The zero-order valence-corrected chi connectivity index (χ0v) is 14.1. The number of hydrogen-bond acceptors (Lipinski definition) is 4. The van der Waals surface area contributed by atoms with Crippen LogP contribution < -0.4 is 14.8 Å². The molecule has 0 atom stereocenters. The van der Waals surface area contributed by atoms with Crippen LogP contribution in [0.5, 0.6) is 17.4 Å². The Morgan fingerprint density at radius 1 is 1.08 bits per heavy atom. The van der Waals surface area contributed by atoms with Crippen LogP contribution in [0.2, 0.25) is 0 Å². The van der Waals surface area contributed by atoms with Gasteiger partial charge in [0.15, 0.2) is 0 Å². The summed E-state index contributed by atoms with van der Waals surface area (Å²) in [5.74, 6) is 1.04. The van der Waals surface area contributed by atoms with E-state index in [4.69, 9.17) is 9.47 Å². The molecule has 2 aromatic carbocycles. The molecule has 3 aromatic rings. The van der Waals surface area contributed by atoms with E-state index < -0.39 is 0 Å². The van der Waals surface area contributed by atoms with Crippen molar-refractivity contribution in [2.24, 2.45) is 0 Å². The maximum absolute atomic E-state index is 12.9. The number of hydrogen-bond donors (Lipinski definition) is 1. The fraction of sp³-hybridized carbons (Fsp3) is 0.100. The monoisotopic (exact) mass is 352 g/mol. The molecule has 0 fully saturated rings. The SMILES string of the molecule is COc1cccc(CC(=O)Nc2ccc(Oc3ccc(F)cc3)nc2)c1. The number of rotatable bonds is 6. The van der Waals surface area contributed by atoms with E-state index in [1.54, 1.807) is 19.2 Å². The fourth-order valence-electron chi connectivity index (χ4n) is 2.31. The second-order valence-corrected chi connectivity index (χ2v) is 5.52. The third-order valence-corrected chi connectivity index (χ3v) is 3.55. The minimum atomic E-state index is -0.334. The van der Waals surface area contributed by atoms with Crippen LogP contribution in [0, 0.1) is 5.82 Å². The maximum atomic E-state index is 12.9. The molecule has 0 bridgehead atoms. The van der Waals surface area contributed by atoms with Crippen molar-refractivity contribution in [3.05, 3.63) is 78.2 Å². The van der Waals surface area contributed by atoms with E-state index in [1.165, 1.54) is 30.5 Å². The number of carbonyl (C=O) groups excluding carboxylic acids is 1. The van der Waals surface area contributed by atoms with Gasteiger partial charge in [-0.25, -0.2) is 9.37 Å². The first kappa shape index (κ1) is 17.4. The first-order valence-corrected chi connectivity index (χ1v) is 7.94. The maximum Gasteiger partial charge on any atom is 0.228 e. The Morgan fingerprint density at radius 3 is 2.58 bits per heavy atom. The zero-order valence-electron chi connectivity index (χ0n) is 14.1. The second-order valence-electron chi connectivity index (χ2n) is 5.52. The number of amides is 1. The Kier molecular flexibility index (Phi) is 5.43. The van der Waals surface area contributed by atoms with Crippen molar-refractivity contribution in [3.63, 3.8) is 0 Å². The van der Waals surface area contributed by atoms with Crippen molar-refractivity contribution in [3.8, 4) is 17.4 Å². The lowest BCUT2D eigenvalue weighted by atomic mass is 10.1. The summed E-state index contributed by atoms with van der Waals surface area (Å²) in [5.41, 5.74) is 1.41. The molecule has 1 aromatic heterocycles. The Bertz CT molecular complexity index is 880. The molecule has 26 heavy (non-hydrogen) atoms. The molecule has 1 heterocycles. The van der Waals surface area contributed by atoms with Crippen LogP contribution in [0.4, 0.5) is 10.1 Å². The number of nitrogens with zero attached hydrogens (tertiary/aromatic N) is 1. The Balaban J connectivity index is 1.58. The Hall–Kier alpha value is -3.41. The molecule has 0 saturated carbocycles. The Morgan fingerprint density at radius 2 is 1.88 bits per heavy atom. The minimum Gasteiger partial charge on any atom is -0.497 e. The first-order chi connectivity index (χ1) is 12.6.